The van der Waals surface area contributed by atoms with Crippen molar-refractivity contribution >= 4 is 38.8 Å². The third kappa shape index (κ3) is 4.49. The smallest absolute Gasteiger partial charge is 0.314 e. The van der Waals surface area contributed by atoms with Gasteiger partial charge in [0.2, 0.25) is 0 Å². The zero-order valence-corrected chi connectivity index (χ0v) is 12.9. The van der Waals surface area contributed by atoms with Crippen LogP contribution in [0.25, 0.3) is 10.9 Å². The number of amides is 2. The van der Waals surface area contributed by atoms with Crippen LogP contribution in [0.15, 0.2) is 28.9 Å². The van der Waals surface area contributed by atoms with Gasteiger partial charge in [-0.3, -0.25) is 4.79 Å². The molecule has 6 nitrogen and oxygen atoms in total. The minimum atomic E-state index is -0.931. The number of carbonyl (C=O) groups excluding carboxylic acids is 1. The molecule has 0 aliphatic rings. The molecule has 0 aliphatic heterocycles. The number of halogens is 1. The molecule has 1 aromatic carbocycles. The van der Waals surface area contributed by atoms with Gasteiger partial charge in [-0.2, -0.15) is 0 Å². The average molecular weight is 354 g/mol. The van der Waals surface area contributed by atoms with Crippen LogP contribution in [0.1, 0.15) is 12.0 Å². The van der Waals surface area contributed by atoms with Gasteiger partial charge < -0.3 is 20.7 Å². The van der Waals surface area contributed by atoms with Crippen LogP contribution in [-0.4, -0.2) is 35.2 Å². The summed E-state index contributed by atoms with van der Waals surface area (Å²) in [6.45, 7) is 0.611. The average Bonchev–Trinajstić information content (AvgIpc) is 2.81. The van der Waals surface area contributed by atoms with E-state index in [9.17, 15) is 9.59 Å². The molecule has 0 atom stereocenters. The Morgan fingerprint density at radius 2 is 2.00 bits per heavy atom. The van der Waals surface area contributed by atoms with E-state index in [-0.39, 0.29) is 19.0 Å². The van der Waals surface area contributed by atoms with Crippen LogP contribution in [0.2, 0.25) is 0 Å². The number of benzene rings is 1. The largest absolute Gasteiger partial charge is 0.481 e. The number of carboxylic acid groups (broad SMARTS) is 1. The molecule has 0 spiro atoms. The summed E-state index contributed by atoms with van der Waals surface area (Å²) in [7, 11) is 0. The minimum Gasteiger partial charge on any atom is -0.481 e. The van der Waals surface area contributed by atoms with Crippen molar-refractivity contribution in [3.05, 3.63) is 34.4 Å². The van der Waals surface area contributed by atoms with Crippen molar-refractivity contribution < 1.29 is 14.7 Å². The Morgan fingerprint density at radius 1 is 1.24 bits per heavy atom. The van der Waals surface area contributed by atoms with Crippen molar-refractivity contribution in [2.45, 2.75) is 12.8 Å². The van der Waals surface area contributed by atoms with E-state index < -0.39 is 5.97 Å². The molecule has 2 rings (SSSR count). The molecule has 0 bridgehead atoms. The Labute approximate surface area is 130 Å². The number of carbonyl (C=O) groups is 2. The number of aromatic amines is 1. The minimum absolute atomic E-state index is 0.0795. The second-order valence-corrected chi connectivity index (χ2v) is 5.50. The number of H-pyrrole nitrogens is 1. The second kappa shape index (κ2) is 7.12. The number of rotatable bonds is 6. The second-order valence-electron chi connectivity index (χ2n) is 4.58. The normalized spacial score (nSPS) is 10.5. The topological polar surface area (TPSA) is 94.2 Å². The van der Waals surface area contributed by atoms with Crippen molar-refractivity contribution in [3.63, 3.8) is 0 Å². The first-order valence-electron chi connectivity index (χ1n) is 6.55. The zero-order chi connectivity index (χ0) is 15.2. The van der Waals surface area contributed by atoms with Crippen molar-refractivity contribution in [2.24, 2.45) is 0 Å². The third-order valence-electron chi connectivity index (χ3n) is 3.03. The first-order chi connectivity index (χ1) is 10.1. The zero-order valence-electron chi connectivity index (χ0n) is 11.3. The van der Waals surface area contributed by atoms with Gasteiger partial charge in [0.1, 0.15) is 0 Å². The molecule has 112 valence electrons. The Bertz CT molecular complexity index is 654. The quantitative estimate of drug-likeness (QED) is 0.641. The van der Waals surface area contributed by atoms with Crippen LogP contribution in [0, 0.1) is 0 Å². The molecule has 7 heteroatoms. The van der Waals surface area contributed by atoms with Gasteiger partial charge in [0, 0.05) is 34.7 Å². The van der Waals surface area contributed by atoms with Crippen LogP contribution in [0.5, 0.6) is 0 Å². The fourth-order valence-corrected chi connectivity index (χ4v) is 2.37. The summed E-state index contributed by atoms with van der Waals surface area (Å²) in [5, 5.41) is 14.8. The van der Waals surface area contributed by atoms with Crippen LogP contribution in [0.4, 0.5) is 4.79 Å². The lowest BCUT2D eigenvalue weighted by atomic mass is 10.1. The summed E-state index contributed by atoms with van der Waals surface area (Å²) in [5.41, 5.74) is 2.18. The maximum atomic E-state index is 11.4. The molecular formula is C14H16BrN3O3. The van der Waals surface area contributed by atoms with Crippen molar-refractivity contribution in [3.8, 4) is 0 Å². The molecule has 0 aliphatic carbocycles. The van der Waals surface area contributed by atoms with Crippen molar-refractivity contribution in [1.82, 2.24) is 15.6 Å². The summed E-state index contributed by atoms with van der Waals surface area (Å²) >= 11 is 3.44. The maximum Gasteiger partial charge on any atom is 0.314 e. The van der Waals surface area contributed by atoms with Crippen molar-refractivity contribution in [2.75, 3.05) is 13.1 Å². The molecule has 0 saturated carbocycles. The number of aliphatic carboxylic acids is 1. The lowest BCUT2D eigenvalue weighted by molar-refractivity contribution is -0.136. The highest BCUT2D eigenvalue weighted by Gasteiger charge is 2.05. The van der Waals surface area contributed by atoms with Gasteiger partial charge in [0.25, 0.3) is 0 Å². The van der Waals surface area contributed by atoms with E-state index in [0.29, 0.717) is 13.0 Å². The summed E-state index contributed by atoms with van der Waals surface area (Å²) in [5.74, 6) is -0.931. The predicted molar refractivity (Wildman–Crippen MR) is 83.4 cm³/mol. The van der Waals surface area contributed by atoms with E-state index in [2.05, 4.69) is 31.5 Å². The Balaban J connectivity index is 1.81. The van der Waals surface area contributed by atoms with Gasteiger partial charge in [-0.05, 0) is 30.2 Å². The highest BCUT2D eigenvalue weighted by molar-refractivity contribution is 9.10. The lowest BCUT2D eigenvalue weighted by Gasteiger charge is -2.06. The monoisotopic (exact) mass is 353 g/mol. The number of nitrogens with one attached hydrogen (secondary N) is 3. The highest BCUT2D eigenvalue weighted by atomic mass is 79.9. The van der Waals surface area contributed by atoms with Gasteiger partial charge >= 0.3 is 12.0 Å². The van der Waals surface area contributed by atoms with Crippen LogP contribution < -0.4 is 10.6 Å². The number of aromatic nitrogens is 1. The molecule has 0 fully saturated rings. The van der Waals surface area contributed by atoms with Gasteiger partial charge in [-0.1, -0.05) is 15.9 Å². The van der Waals surface area contributed by atoms with E-state index in [4.69, 9.17) is 5.11 Å². The molecule has 1 heterocycles. The van der Waals surface area contributed by atoms with E-state index in [1.54, 1.807) is 0 Å². The van der Waals surface area contributed by atoms with Crippen LogP contribution in [-0.2, 0) is 11.2 Å². The van der Waals surface area contributed by atoms with Gasteiger partial charge in [-0.25, -0.2) is 4.79 Å². The number of urea groups is 1. The third-order valence-corrected chi connectivity index (χ3v) is 3.53. The van der Waals surface area contributed by atoms with E-state index in [1.165, 1.54) is 0 Å². The van der Waals surface area contributed by atoms with E-state index in [0.717, 1.165) is 20.9 Å². The standard InChI is InChI=1S/C14H16BrN3O3/c15-10-1-2-12-11(7-10)9(8-18-12)3-5-16-14(21)17-6-4-13(19)20/h1-2,7-8,18H,3-6H2,(H,19,20)(H2,16,17,21). The molecule has 0 radical (unpaired) electrons. The SMILES string of the molecule is O=C(O)CCNC(=O)NCCc1c[nH]c2ccc(Br)cc12. The van der Waals surface area contributed by atoms with E-state index in [1.807, 2.05) is 24.4 Å². The molecule has 0 unspecified atom stereocenters. The highest BCUT2D eigenvalue weighted by Crippen LogP contribution is 2.22. The molecule has 21 heavy (non-hydrogen) atoms. The molecule has 2 aromatic rings. The van der Waals surface area contributed by atoms with Crippen LogP contribution >= 0.6 is 15.9 Å². The molecule has 4 N–H and O–H groups in total. The molecular weight excluding hydrogens is 338 g/mol. The Hall–Kier alpha value is -2.02. The summed E-state index contributed by atoms with van der Waals surface area (Å²) in [4.78, 5) is 24.9. The van der Waals surface area contributed by atoms with Crippen molar-refractivity contribution in [1.29, 1.82) is 0 Å². The van der Waals surface area contributed by atoms with Crippen LogP contribution in [0.3, 0.4) is 0 Å². The van der Waals surface area contributed by atoms with E-state index >= 15 is 0 Å². The number of fused-ring (bicyclic) bond motifs is 1. The Kier molecular flexibility index (Phi) is 5.21. The Morgan fingerprint density at radius 3 is 2.76 bits per heavy atom. The van der Waals surface area contributed by atoms with Gasteiger partial charge in [0.05, 0.1) is 6.42 Å². The first-order valence-corrected chi connectivity index (χ1v) is 7.34. The lowest BCUT2D eigenvalue weighted by Crippen LogP contribution is -2.37. The summed E-state index contributed by atoms with van der Waals surface area (Å²) < 4.78 is 1.01. The van der Waals surface area contributed by atoms with Gasteiger partial charge in [0.15, 0.2) is 0 Å². The predicted octanol–water partition coefficient (Wildman–Crippen LogP) is 2.25. The fourth-order valence-electron chi connectivity index (χ4n) is 2.01. The number of carboxylic acids is 1. The molecule has 0 saturated heterocycles. The number of hydrogen-bond acceptors (Lipinski definition) is 2. The molecule has 1 aromatic heterocycles. The first kappa shape index (κ1) is 15.4. The van der Waals surface area contributed by atoms with Gasteiger partial charge in [-0.15, -0.1) is 0 Å². The summed E-state index contributed by atoms with van der Waals surface area (Å²) in [6.07, 6.45) is 2.55. The number of hydrogen-bond donors (Lipinski definition) is 4. The maximum absolute atomic E-state index is 11.4. The fraction of sp³-hybridized carbons (Fsp3) is 0.286. The summed E-state index contributed by atoms with van der Waals surface area (Å²) in [6, 6.07) is 5.65. The molecule has 2 amide bonds.